The molecule has 4 nitrogen and oxygen atoms in total. The fraction of sp³-hybridized carbons (Fsp3) is 0.947. The van der Waals surface area contributed by atoms with Gasteiger partial charge >= 0.3 is 0 Å². The largest absolute Gasteiger partial charge is 0.338 e. The van der Waals surface area contributed by atoms with Crippen LogP contribution in [0, 0.1) is 29.1 Å². The minimum absolute atomic E-state index is 0.0853. The summed E-state index contributed by atoms with van der Waals surface area (Å²) in [6.45, 7) is 4.97. The van der Waals surface area contributed by atoms with Gasteiger partial charge in [0.25, 0.3) is 0 Å². The van der Waals surface area contributed by atoms with E-state index < -0.39 is 9.84 Å². The third-order valence-electron chi connectivity index (χ3n) is 6.96. The molecule has 5 fully saturated rings. The fourth-order valence-electron chi connectivity index (χ4n) is 6.49. The number of amides is 1. The standard InChI is InChI=1S/C19H31NO3S/c1-13(2)11-20(17-3-4-24(22,23)12-17)18(21)19-8-14-5-15(9-19)7-16(6-14)10-19/h13-17H,3-12H2,1-2H3/t14?,15?,16?,17-,19?/m0/s1. The van der Waals surface area contributed by atoms with Crippen LogP contribution in [0.5, 0.6) is 0 Å². The van der Waals surface area contributed by atoms with Crippen molar-refractivity contribution in [2.75, 3.05) is 18.1 Å². The molecule has 1 heterocycles. The van der Waals surface area contributed by atoms with Gasteiger partial charge in [-0.15, -0.1) is 0 Å². The minimum atomic E-state index is -2.96. The molecule has 1 saturated heterocycles. The number of nitrogens with zero attached hydrogens (tertiary/aromatic N) is 1. The van der Waals surface area contributed by atoms with Gasteiger partial charge in [-0.05, 0) is 68.6 Å². The Morgan fingerprint density at radius 2 is 1.62 bits per heavy atom. The molecule has 0 aromatic rings. The third-order valence-corrected chi connectivity index (χ3v) is 8.71. The average Bonchev–Trinajstić information content (AvgIpc) is 2.82. The maximum Gasteiger partial charge on any atom is 0.229 e. The number of rotatable bonds is 4. The summed E-state index contributed by atoms with van der Waals surface area (Å²) in [6, 6.07) is -0.0853. The summed E-state index contributed by atoms with van der Waals surface area (Å²) in [5.41, 5.74) is -0.157. The second kappa shape index (κ2) is 5.72. The Bertz CT molecular complexity index is 589. The van der Waals surface area contributed by atoms with Crippen LogP contribution in [0.1, 0.15) is 58.8 Å². The van der Waals surface area contributed by atoms with E-state index in [1.807, 2.05) is 4.90 Å². The lowest BCUT2D eigenvalue weighted by Crippen LogP contribution is -2.57. The van der Waals surface area contributed by atoms with Gasteiger partial charge in [0, 0.05) is 12.6 Å². The van der Waals surface area contributed by atoms with Crippen LogP contribution in [0.3, 0.4) is 0 Å². The van der Waals surface area contributed by atoms with Crippen LogP contribution in [0.15, 0.2) is 0 Å². The molecule has 0 aromatic carbocycles. The zero-order valence-corrected chi connectivity index (χ0v) is 15.9. The Labute approximate surface area is 146 Å². The van der Waals surface area contributed by atoms with Crippen molar-refractivity contribution in [2.24, 2.45) is 29.1 Å². The van der Waals surface area contributed by atoms with Gasteiger partial charge < -0.3 is 4.90 Å². The first-order chi connectivity index (χ1) is 11.3. The fourth-order valence-corrected chi connectivity index (χ4v) is 8.22. The van der Waals surface area contributed by atoms with Crippen molar-refractivity contribution < 1.29 is 13.2 Å². The van der Waals surface area contributed by atoms with Crippen molar-refractivity contribution in [3.05, 3.63) is 0 Å². The molecule has 24 heavy (non-hydrogen) atoms. The third kappa shape index (κ3) is 2.91. The zero-order chi connectivity index (χ0) is 17.1. The van der Waals surface area contributed by atoms with E-state index in [0.717, 1.165) is 37.0 Å². The summed E-state index contributed by atoms with van der Waals surface area (Å²) in [5.74, 6) is 3.34. The lowest BCUT2D eigenvalue weighted by molar-refractivity contribution is -0.160. The number of hydrogen-bond donors (Lipinski definition) is 0. The summed E-state index contributed by atoms with van der Waals surface area (Å²) in [5, 5.41) is 0. The van der Waals surface area contributed by atoms with Crippen LogP contribution in [0.2, 0.25) is 0 Å². The summed E-state index contributed by atoms with van der Waals surface area (Å²) in [6.07, 6.45) is 7.80. The molecule has 1 amide bonds. The maximum absolute atomic E-state index is 13.7. The van der Waals surface area contributed by atoms with Crippen molar-refractivity contribution in [2.45, 2.75) is 64.8 Å². The van der Waals surface area contributed by atoms with Crippen LogP contribution in [0.4, 0.5) is 0 Å². The van der Waals surface area contributed by atoms with Crippen molar-refractivity contribution >= 4 is 15.7 Å². The van der Waals surface area contributed by atoms with E-state index in [1.54, 1.807) is 0 Å². The molecule has 0 N–H and O–H groups in total. The molecule has 0 unspecified atom stereocenters. The molecule has 5 rings (SSSR count). The minimum Gasteiger partial charge on any atom is -0.338 e. The first kappa shape index (κ1) is 16.9. The molecule has 5 heteroatoms. The van der Waals surface area contributed by atoms with E-state index >= 15 is 0 Å². The lowest BCUT2D eigenvalue weighted by Gasteiger charge is -2.57. The van der Waals surface area contributed by atoms with Crippen LogP contribution < -0.4 is 0 Å². The molecule has 0 radical (unpaired) electrons. The summed E-state index contributed by atoms with van der Waals surface area (Å²) >= 11 is 0. The summed E-state index contributed by atoms with van der Waals surface area (Å²) < 4.78 is 23.9. The smallest absolute Gasteiger partial charge is 0.229 e. The maximum atomic E-state index is 13.7. The van der Waals surface area contributed by atoms with E-state index in [0.29, 0.717) is 24.8 Å². The highest BCUT2D eigenvalue weighted by Gasteiger charge is 2.56. The van der Waals surface area contributed by atoms with Crippen molar-refractivity contribution in [3.8, 4) is 0 Å². The predicted octanol–water partition coefficient (Wildman–Crippen LogP) is 2.87. The molecule has 1 atom stereocenters. The second-order valence-electron chi connectivity index (χ2n) is 9.61. The molecule has 1 aliphatic heterocycles. The molecular formula is C19H31NO3S. The molecular weight excluding hydrogens is 322 g/mol. The molecule has 4 bridgehead atoms. The van der Waals surface area contributed by atoms with Gasteiger partial charge in [-0.2, -0.15) is 0 Å². The monoisotopic (exact) mass is 353 g/mol. The van der Waals surface area contributed by atoms with Gasteiger partial charge in [0.05, 0.1) is 16.9 Å². The Morgan fingerprint density at radius 3 is 2.04 bits per heavy atom. The van der Waals surface area contributed by atoms with Crippen LogP contribution in [-0.4, -0.2) is 43.3 Å². The molecule has 4 aliphatic carbocycles. The number of carbonyl (C=O) groups excluding carboxylic acids is 1. The molecule has 5 aliphatic rings. The molecule has 4 saturated carbocycles. The summed E-state index contributed by atoms with van der Waals surface area (Å²) in [4.78, 5) is 15.7. The van der Waals surface area contributed by atoms with E-state index in [2.05, 4.69) is 13.8 Å². The Hall–Kier alpha value is -0.580. The zero-order valence-electron chi connectivity index (χ0n) is 15.0. The van der Waals surface area contributed by atoms with Gasteiger partial charge in [0.2, 0.25) is 5.91 Å². The van der Waals surface area contributed by atoms with Gasteiger partial charge in [0.15, 0.2) is 9.84 Å². The lowest BCUT2D eigenvalue weighted by atomic mass is 9.49. The first-order valence-electron chi connectivity index (χ1n) is 9.78. The highest BCUT2D eigenvalue weighted by Crippen LogP contribution is 2.60. The number of hydrogen-bond acceptors (Lipinski definition) is 3. The van der Waals surface area contributed by atoms with Gasteiger partial charge in [0.1, 0.15) is 0 Å². The van der Waals surface area contributed by atoms with Gasteiger partial charge in [-0.1, -0.05) is 13.8 Å². The Balaban J connectivity index is 1.59. The SMILES string of the molecule is CC(C)CN(C(=O)C12CC3CC(CC(C3)C1)C2)[C@H]1CCS(=O)(=O)C1. The quantitative estimate of drug-likeness (QED) is 0.781. The molecule has 136 valence electrons. The predicted molar refractivity (Wildman–Crippen MR) is 94.2 cm³/mol. The Kier molecular flexibility index (Phi) is 4.02. The van der Waals surface area contributed by atoms with Crippen molar-refractivity contribution in [1.82, 2.24) is 4.90 Å². The highest BCUT2D eigenvalue weighted by molar-refractivity contribution is 7.91. The van der Waals surface area contributed by atoms with Gasteiger partial charge in [-0.25, -0.2) is 8.42 Å². The van der Waals surface area contributed by atoms with E-state index in [9.17, 15) is 13.2 Å². The molecule has 0 aromatic heterocycles. The number of sulfone groups is 1. The van der Waals surface area contributed by atoms with E-state index in [1.165, 1.54) is 19.3 Å². The Morgan fingerprint density at radius 1 is 1.08 bits per heavy atom. The second-order valence-corrected chi connectivity index (χ2v) is 11.8. The van der Waals surface area contributed by atoms with E-state index in [4.69, 9.17) is 0 Å². The van der Waals surface area contributed by atoms with Crippen LogP contribution in [-0.2, 0) is 14.6 Å². The first-order valence-corrected chi connectivity index (χ1v) is 11.6. The topological polar surface area (TPSA) is 54.5 Å². The van der Waals surface area contributed by atoms with Crippen molar-refractivity contribution in [3.63, 3.8) is 0 Å². The molecule has 0 spiro atoms. The number of carbonyl (C=O) groups is 1. The van der Waals surface area contributed by atoms with Crippen LogP contribution >= 0.6 is 0 Å². The highest BCUT2D eigenvalue weighted by atomic mass is 32.2. The van der Waals surface area contributed by atoms with Gasteiger partial charge in [-0.3, -0.25) is 4.79 Å². The average molecular weight is 354 g/mol. The van der Waals surface area contributed by atoms with Crippen molar-refractivity contribution in [1.29, 1.82) is 0 Å². The normalized spacial score (nSPS) is 42.6. The van der Waals surface area contributed by atoms with E-state index in [-0.39, 0.29) is 23.0 Å². The van der Waals surface area contributed by atoms with Crippen LogP contribution in [0.25, 0.3) is 0 Å². The summed E-state index contributed by atoms with van der Waals surface area (Å²) in [7, 11) is -2.96.